The van der Waals surface area contributed by atoms with Gasteiger partial charge in [-0.25, -0.2) is 0 Å². The van der Waals surface area contributed by atoms with E-state index in [2.05, 4.69) is 6.07 Å². The lowest BCUT2D eigenvalue weighted by Crippen LogP contribution is -1.91. The van der Waals surface area contributed by atoms with E-state index in [9.17, 15) is 0 Å². The smallest absolute Gasteiger partial charge is 0.135 e. The van der Waals surface area contributed by atoms with Crippen molar-refractivity contribution in [3.05, 3.63) is 157 Å². The second-order valence-corrected chi connectivity index (χ2v) is 10.6. The highest BCUT2D eigenvalue weighted by molar-refractivity contribution is 6.21. The number of fused-ring (bicyclic) bond motifs is 6. The summed E-state index contributed by atoms with van der Waals surface area (Å²) in [5.74, 6) is 0. The van der Waals surface area contributed by atoms with Gasteiger partial charge in [0.15, 0.2) is 0 Å². The van der Waals surface area contributed by atoms with E-state index in [1.54, 1.807) is 42.5 Å². The van der Waals surface area contributed by atoms with E-state index < -0.39 is 12.1 Å². The van der Waals surface area contributed by atoms with Crippen LogP contribution in [0.15, 0.2) is 162 Å². The summed E-state index contributed by atoms with van der Waals surface area (Å²) in [4.78, 5) is 0. The lowest BCUT2D eigenvalue weighted by molar-refractivity contribution is 0.669. The molecule has 0 aliphatic heterocycles. The maximum atomic E-state index is 8.86. The number of para-hydroxylation sites is 1. The van der Waals surface area contributed by atoms with E-state index in [0.717, 1.165) is 43.8 Å². The Balaban J connectivity index is 1.29. The van der Waals surface area contributed by atoms with Crippen LogP contribution in [0.1, 0.15) is 13.7 Å². The van der Waals surface area contributed by atoms with Crippen LogP contribution in [0.5, 0.6) is 0 Å². The number of hydrogen-bond donors (Lipinski definition) is 0. The first kappa shape index (κ1) is 16.1. The number of rotatable bonds is 3. The van der Waals surface area contributed by atoms with Crippen molar-refractivity contribution >= 4 is 54.3 Å². The van der Waals surface area contributed by atoms with Gasteiger partial charge in [-0.3, -0.25) is 0 Å². The third-order valence-corrected chi connectivity index (χ3v) is 8.18. The van der Waals surface area contributed by atoms with Crippen LogP contribution >= 0.6 is 0 Å². The first-order valence-corrected chi connectivity index (χ1v) is 13.9. The van der Waals surface area contributed by atoms with Crippen LogP contribution in [0.2, 0.25) is 0 Å². The van der Waals surface area contributed by atoms with Crippen molar-refractivity contribution in [2.24, 2.45) is 0 Å². The first-order chi connectivity index (χ1) is 25.4. The molecule has 1 aromatic heterocycles. The molecule has 0 aliphatic carbocycles. The Morgan fingerprint density at radius 2 is 0.953 bits per heavy atom. The van der Waals surface area contributed by atoms with Crippen LogP contribution in [-0.4, -0.2) is 0 Å². The second kappa shape index (κ2) is 9.44. The fourth-order valence-corrected chi connectivity index (χ4v) is 6.20. The van der Waals surface area contributed by atoms with E-state index in [1.165, 1.54) is 0 Å². The summed E-state index contributed by atoms with van der Waals surface area (Å²) in [6.45, 7) is 0. The highest BCUT2D eigenvalue weighted by Gasteiger charge is 2.17. The standard InChI is InChI=1S/C42H26O/c1-2-10-30-25-32(22-19-27(30)9-1)42-36-14-5-3-12-34(36)41(35-13-4-6-15-37(35)42)29-20-17-28(18-21-29)31-23-24-40-38(26-31)33-11-7-8-16-39(33)43-40/h1-26H/i3D,4D,5D,6D,7D,8D,11D,16D,23D,24D. The topological polar surface area (TPSA) is 13.1 Å². The number of furan rings is 1. The minimum Gasteiger partial charge on any atom is -0.456 e. The highest BCUT2D eigenvalue weighted by Crippen LogP contribution is 2.44. The summed E-state index contributed by atoms with van der Waals surface area (Å²) in [7, 11) is 0. The molecule has 1 heterocycles. The largest absolute Gasteiger partial charge is 0.456 e. The molecule has 0 amide bonds. The average Bonchev–Trinajstić information content (AvgIpc) is 3.55. The van der Waals surface area contributed by atoms with Crippen LogP contribution in [0.25, 0.3) is 87.6 Å². The van der Waals surface area contributed by atoms with E-state index in [4.69, 9.17) is 18.1 Å². The molecule has 8 aromatic carbocycles. The molecule has 9 aromatic rings. The maximum absolute atomic E-state index is 8.86. The SMILES string of the molecule is [2H]c1cc2c(-c3ccc(-c4cc5c(oc6c([2H])c([2H])c([2H])c([2H])c65)c([2H])c4[2H])cc3)c3cc([2H])c([2H])cc3c(-c3ccc4ccccc4c3)c2cc1[2H]. The molecule has 0 radical (unpaired) electrons. The molecule has 0 N–H and O–H groups in total. The summed E-state index contributed by atoms with van der Waals surface area (Å²) in [5, 5.41) is 5.47. The molecule has 1 nitrogen and oxygen atoms in total. The Morgan fingerprint density at radius 3 is 1.67 bits per heavy atom. The molecule has 0 atom stereocenters. The Bertz CT molecular complexity index is 2990. The molecule has 1 heteroatoms. The summed E-state index contributed by atoms with van der Waals surface area (Å²) < 4.78 is 91.0. The molecule has 0 fully saturated rings. The molecule has 43 heavy (non-hydrogen) atoms. The number of benzene rings is 8. The minimum absolute atomic E-state index is 0.0155. The van der Waals surface area contributed by atoms with Crippen LogP contribution in [0.4, 0.5) is 0 Å². The van der Waals surface area contributed by atoms with Gasteiger partial charge in [0.2, 0.25) is 0 Å². The Hall–Kier alpha value is -5.66. The molecule has 0 spiro atoms. The summed E-state index contributed by atoms with van der Waals surface area (Å²) in [5.41, 5.74) is 4.09. The van der Waals surface area contributed by atoms with Crippen molar-refractivity contribution in [3.63, 3.8) is 0 Å². The lowest BCUT2D eigenvalue weighted by Gasteiger charge is -2.18. The van der Waals surface area contributed by atoms with Crippen LogP contribution in [0.3, 0.4) is 0 Å². The van der Waals surface area contributed by atoms with Gasteiger partial charge in [0, 0.05) is 10.8 Å². The van der Waals surface area contributed by atoms with E-state index >= 15 is 0 Å². The normalized spacial score (nSPS) is 15.0. The van der Waals surface area contributed by atoms with Crippen molar-refractivity contribution in [3.8, 4) is 33.4 Å². The fraction of sp³-hybridized carbons (Fsp3) is 0. The van der Waals surface area contributed by atoms with Crippen LogP contribution in [-0.2, 0) is 0 Å². The molecule has 0 saturated carbocycles. The molecule has 0 aliphatic rings. The zero-order chi connectivity index (χ0) is 37.0. The molecule has 9 rings (SSSR count). The Kier molecular flexibility index (Phi) is 3.53. The first-order valence-electron chi connectivity index (χ1n) is 18.9. The van der Waals surface area contributed by atoms with Gasteiger partial charge in [0.25, 0.3) is 0 Å². The summed E-state index contributed by atoms with van der Waals surface area (Å²) >= 11 is 0. The molecular weight excluding hydrogens is 520 g/mol. The summed E-state index contributed by atoms with van der Waals surface area (Å²) in [6.07, 6.45) is 0. The summed E-state index contributed by atoms with van der Waals surface area (Å²) in [6, 6.07) is 28.3. The lowest BCUT2D eigenvalue weighted by atomic mass is 9.85. The zero-order valence-electron chi connectivity index (χ0n) is 32.6. The Morgan fingerprint density at radius 1 is 0.372 bits per heavy atom. The second-order valence-electron chi connectivity index (χ2n) is 10.6. The molecule has 200 valence electrons. The third kappa shape index (κ3) is 3.79. The van der Waals surface area contributed by atoms with Gasteiger partial charge < -0.3 is 4.42 Å². The molecule has 0 unspecified atom stereocenters. The van der Waals surface area contributed by atoms with Crippen molar-refractivity contribution in [2.45, 2.75) is 0 Å². The van der Waals surface area contributed by atoms with Crippen molar-refractivity contribution in [1.82, 2.24) is 0 Å². The van der Waals surface area contributed by atoms with Crippen molar-refractivity contribution < 1.29 is 18.1 Å². The van der Waals surface area contributed by atoms with Crippen LogP contribution in [0, 0.1) is 0 Å². The van der Waals surface area contributed by atoms with Gasteiger partial charge in [-0.05, 0) is 89.9 Å². The minimum atomic E-state index is -0.437. The maximum Gasteiger partial charge on any atom is 0.135 e. The van der Waals surface area contributed by atoms with Gasteiger partial charge in [-0.15, -0.1) is 0 Å². The van der Waals surface area contributed by atoms with Gasteiger partial charge in [0.05, 0.1) is 13.7 Å². The predicted molar refractivity (Wildman–Crippen MR) is 183 cm³/mol. The Labute approximate surface area is 263 Å². The monoisotopic (exact) mass is 556 g/mol. The molecule has 0 saturated heterocycles. The van der Waals surface area contributed by atoms with Gasteiger partial charge in [-0.1, -0.05) is 133 Å². The highest BCUT2D eigenvalue weighted by atomic mass is 16.3. The van der Waals surface area contributed by atoms with E-state index in [1.807, 2.05) is 48.5 Å². The zero-order valence-corrected chi connectivity index (χ0v) is 22.6. The third-order valence-electron chi connectivity index (χ3n) is 8.18. The van der Waals surface area contributed by atoms with Gasteiger partial charge in [0.1, 0.15) is 11.2 Å². The fourth-order valence-electron chi connectivity index (χ4n) is 6.20. The van der Waals surface area contributed by atoms with Gasteiger partial charge in [-0.2, -0.15) is 0 Å². The molecule has 0 bridgehead atoms. The van der Waals surface area contributed by atoms with Crippen molar-refractivity contribution in [2.75, 3.05) is 0 Å². The van der Waals surface area contributed by atoms with Gasteiger partial charge >= 0.3 is 0 Å². The molecular formula is C42H26O. The van der Waals surface area contributed by atoms with E-state index in [0.29, 0.717) is 27.3 Å². The van der Waals surface area contributed by atoms with E-state index in [-0.39, 0.29) is 64.9 Å². The average molecular weight is 557 g/mol. The van der Waals surface area contributed by atoms with Crippen molar-refractivity contribution in [1.29, 1.82) is 0 Å². The number of hydrogen-bond acceptors (Lipinski definition) is 1. The van der Waals surface area contributed by atoms with Crippen LogP contribution < -0.4 is 0 Å². The predicted octanol–water partition coefficient (Wildman–Crippen LogP) is 12.0. The quantitative estimate of drug-likeness (QED) is 0.197.